The summed E-state index contributed by atoms with van der Waals surface area (Å²) in [6.45, 7) is 5.30. The van der Waals surface area contributed by atoms with Gasteiger partial charge in [-0.05, 0) is 38.1 Å². The minimum atomic E-state index is -0.307. The van der Waals surface area contributed by atoms with Gasteiger partial charge in [0, 0.05) is 6.54 Å². The predicted molar refractivity (Wildman–Crippen MR) is 106 cm³/mol. The highest BCUT2D eigenvalue weighted by Crippen LogP contribution is 2.28. The first-order chi connectivity index (χ1) is 12.7. The van der Waals surface area contributed by atoms with Crippen molar-refractivity contribution in [2.24, 2.45) is 4.99 Å². The second kappa shape index (κ2) is 7.01. The van der Waals surface area contributed by atoms with Gasteiger partial charge in [-0.15, -0.1) is 11.3 Å². The third-order valence-corrected chi connectivity index (χ3v) is 6.02. The van der Waals surface area contributed by atoms with Crippen LogP contribution in [0.1, 0.15) is 23.6 Å². The van der Waals surface area contributed by atoms with E-state index in [-0.39, 0.29) is 5.91 Å². The molecule has 2 aromatic carbocycles. The fourth-order valence-corrected chi connectivity index (χ4v) is 4.81. The van der Waals surface area contributed by atoms with Gasteiger partial charge in [0.05, 0.1) is 21.5 Å². The number of carbonyl (C=O) groups is 1. The molecule has 1 amide bonds. The molecule has 0 aliphatic carbocycles. The number of ether oxygens (including phenoxy) is 1. The Labute approximate surface area is 158 Å². The number of aromatic nitrogens is 2. The lowest BCUT2D eigenvalue weighted by Crippen LogP contribution is -2.16. The quantitative estimate of drug-likeness (QED) is 0.522. The molecule has 4 rings (SSSR count). The highest BCUT2D eigenvalue weighted by atomic mass is 32.1. The molecule has 0 saturated carbocycles. The summed E-state index contributed by atoms with van der Waals surface area (Å²) in [5.74, 6) is 0.509. The number of para-hydroxylation sites is 2. The smallest absolute Gasteiger partial charge is 0.308 e. The van der Waals surface area contributed by atoms with E-state index in [0.717, 1.165) is 26.2 Å². The van der Waals surface area contributed by atoms with Crippen molar-refractivity contribution in [3.63, 3.8) is 0 Å². The lowest BCUT2D eigenvalue weighted by Gasteiger charge is -2.07. The summed E-state index contributed by atoms with van der Waals surface area (Å²) < 4.78 is 9.82. The molecule has 4 aromatic rings. The summed E-state index contributed by atoms with van der Waals surface area (Å²) in [6.07, 6.45) is 0. The molecule has 0 radical (unpaired) electrons. The Hall–Kier alpha value is -2.51. The summed E-state index contributed by atoms with van der Waals surface area (Å²) in [5, 5.41) is 0.413. The highest BCUT2D eigenvalue weighted by Gasteiger charge is 2.14. The first-order valence-electron chi connectivity index (χ1n) is 8.41. The van der Waals surface area contributed by atoms with Crippen LogP contribution in [0.3, 0.4) is 0 Å². The largest absolute Gasteiger partial charge is 0.492 e. The van der Waals surface area contributed by atoms with Crippen LogP contribution in [0.15, 0.2) is 47.5 Å². The lowest BCUT2D eigenvalue weighted by molar-refractivity contribution is 0.0997. The maximum atomic E-state index is 12.7. The van der Waals surface area contributed by atoms with E-state index in [1.54, 1.807) is 0 Å². The Balaban J connectivity index is 1.84. The van der Waals surface area contributed by atoms with Crippen LogP contribution in [0.5, 0.6) is 5.75 Å². The molecule has 26 heavy (non-hydrogen) atoms. The molecule has 7 heteroatoms. The van der Waals surface area contributed by atoms with E-state index in [0.29, 0.717) is 23.0 Å². The van der Waals surface area contributed by atoms with Crippen LogP contribution < -0.4 is 9.54 Å². The summed E-state index contributed by atoms with van der Waals surface area (Å²) >= 11 is 2.86. The number of hydrogen-bond acceptors (Lipinski definition) is 5. The van der Waals surface area contributed by atoms with Crippen LogP contribution in [0.4, 0.5) is 0 Å². The first kappa shape index (κ1) is 16.9. The van der Waals surface area contributed by atoms with E-state index in [2.05, 4.69) is 9.98 Å². The summed E-state index contributed by atoms with van der Waals surface area (Å²) in [6, 6.07) is 13.7. The third kappa shape index (κ3) is 2.93. The van der Waals surface area contributed by atoms with Crippen LogP contribution >= 0.6 is 22.7 Å². The number of fused-ring (bicyclic) bond motifs is 2. The molecule has 0 aliphatic rings. The predicted octanol–water partition coefficient (Wildman–Crippen LogP) is 4.47. The molecule has 0 spiro atoms. The number of aryl methyl sites for hydroxylation is 1. The van der Waals surface area contributed by atoms with Gasteiger partial charge in [-0.3, -0.25) is 4.79 Å². The van der Waals surface area contributed by atoms with Crippen molar-refractivity contribution in [1.29, 1.82) is 0 Å². The fourth-order valence-electron chi connectivity index (χ4n) is 2.85. The number of nitrogens with zero attached hydrogens (tertiary/aromatic N) is 3. The normalized spacial score (nSPS) is 12.2. The van der Waals surface area contributed by atoms with E-state index in [4.69, 9.17) is 4.74 Å². The molecular formula is C19H17N3O2S2. The highest BCUT2D eigenvalue weighted by molar-refractivity contribution is 7.20. The maximum absolute atomic E-state index is 12.7. The second-order valence-corrected chi connectivity index (χ2v) is 7.61. The zero-order valence-electron chi connectivity index (χ0n) is 14.4. The van der Waals surface area contributed by atoms with Crippen molar-refractivity contribution < 1.29 is 9.53 Å². The second-order valence-electron chi connectivity index (χ2n) is 5.57. The number of rotatable bonds is 4. The minimum Gasteiger partial charge on any atom is -0.492 e. The number of amides is 1. The summed E-state index contributed by atoms with van der Waals surface area (Å²) in [5.41, 5.74) is 1.81. The van der Waals surface area contributed by atoms with Gasteiger partial charge in [-0.1, -0.05) is 29.5 Å². The SMILES string of the molecule is CCOc1cccc2sc(=NC(=O)c3nc4ccccc4s3)n(CC)c12. The van der Waals surface area contributed by atoms with Gasteiger partial charge >= 0.3 is 5.91 Å². The van der Waals surface area contributed by atoms with Crippen molar-refractivity contribution >= 4 is 49.0 Å². The van der Waals surface area contributed by atoms with Gasteiger partial charge in [0.25, 0.3) is 0 Å². The van der Waals surface area contributed by atoms with E-state index in [9.17, 15) is 4.79 Å². The zero-order chi connectivity index (χ0) is 18.1. The Kier molecular flexibility index (Phi) is 4.57. The summed E-state index contributed by atoms with van der Waals surface area (Å²) in [4.78, 5) is 22.1. The average Bonchev–Trinajstić information content (AvgIpc) is 3.23. The molecular weight excluding hydrogens is 366 g/mol. The molecule has 132 valence electrons. The third-order valence-electron chi connectivity index (χ3n) is 3.95. The van der Waals surface area contributed by atoms with Gasteiger partial charge in [-0.25, -0.2) is 4.98 Å². The molecule has 2 aromatic heterocycles. The molecule has 0 fully saturated rings. The van der Waals surface area contributed by atoms with Gasteiger partial charge in [0.15, 0.2) is 9.81 Å². The van der Waals surface area contributed by atoms with E-state index in [1.807, 2.05) is 60.9 Å². The van der Waals surface area contributed by atoms with Crippen molar-refractivity contribution in [2.75, 3.05) is 6.61 Å². The van der Waals surface area contributed by atoms with Crippen LogP contribution in [0.25, 0.3) is 20.4 Å². The van der Waals surface area contributed by atoms with Crippen LogP contribution in [-0.4, -0.2) is 22.1 Å². The maximum Gasteiger partial charge on any atom is 0.308 e. The van der Waals surface area contributed by atoms with Crippen molar-refractivity contribution in [3.05, 3.63) is 52.3 Å². The molecule has 0 atom stereocenters. The van der Waals surface area contributed by atoms with Crippen molar-refractivity contribution in [2.45, 2.75) is 20.4 Å². The monoisotopic (exact) mass is 383 g/mol. The molecule has 2 heterocycles. The van der Waals surface area contributed by atoms with Crippen LogP contribution in [0.2, 0.25) is 0 Å². The zero-order valence-corrected chi connectivity index (χ0v) is 16.1. The van der Waals surface area contributed by atoms with Crippen LogP contribution in [-0.2, 0) is 6.54 Å². The van der Waals surface area contributed by atoms with Gasteiger partial charge < -0.3 is 9.30 Å². The minimum absolute atomic E-state index is 0.307. The van der Waals surface area contributed by atoms with Gasteiger partial charge in [0.2, 0.25) is 0 Å². The Bertz CT molecular complexity index is 1140. The van der Waals surface area contributed by atoms with Crippen LogP contribution in [0, 0.1) is 0 Å². The van der Waals surface area contributed by atoms with E-state index in [1.165, 1.54) is 22.7 Å². The number of benzene rings is 2. The molecule has 0 N–H and O–H groups in total. The molecule has 0 aliphatic heterocycles. The fraction of sp³-hybridized carbons (Fsp3) is 0.211. The van der Waals surface area contributed by atoms with E-state index >= 15 is 0 Å². The van der Waals surface area contributed by atoms with Gasteiger partial charge in [0.1, 0.15) is 11.3 Å². The van der Waals surface area contributed by atoms with E-state index < -0.39 is 0 Å². The average molecular weight is 383 g/mol. The molecule has 0 bridgehead atoms. The first-order valence-corrected chi connectivity index (χ1v) is 10.0. The Morgan fingerprint density at radius 2 is 1.92 bits per heavy atom. The molecule has 0 saturated heterocycles. The molecule has 5 nitrogen and oxygen atoms in total. The van der Waals surface area contributed by atoms with Gasteiger partial charge in [-0.2, -0.15) is 4.99 Å². The topological polar surface area (TPSA) is 56.5 Å². The lowest BCUT2D eigenvalue weighted by atomic mass is 10.3. The number of thiazole rings is 2. The standard InChI is InChI=1S/C19H17N3O2S2/c1-3-22-16-13(24-4-2)9-7-11-15(16)26-19(22)21-17(23)18-20-12-8-5-6-10-14(12)25-18/h5-11H,3-4H2,1-2H3. The summed E-state index contributed by atoms with van der Waals surface area (Å²) in [7, 11) is 0. The Morgan fingerprint density at radius 3 is 2.69 bits per heavy atom. The number of carbonyl (C=O) groups excluding carboxylic acids is 1. The van der Waals surface area contributed by atoms with Crippen molar-refractivity contribution in [1.82, 2.24) is 9.55 Å². The van der Waals surface area contributed by atoms with Crippen molar-refractivity contribution in [3.8, 4) is 5.75 Å². The molecule has 0 unspecified atom stereocenters. The number of hydrogen-bond donors (Lipinski definition) is 0. The Morgan fingerprint density at radius 1 is 1.12 bits per heavy atom.